The van der Waals surface area contributed by atoms with Crippen molar-refractivity contribution >= 4 is 11.7 Å². The highest BCUT2D eigenvalue weighted by Crippen LogP contribution is 2.43. The minimum atomic E-state index is -4.89. The van der Waals surface area contributed by atoms with Crippen LogP contribution in [0.5, 0.6) is 23.0 Å². The number of nitrogens with two attached hydrogens (primary N) is 2. The third kappa shape index (κ3) is 9.08. The van der Waals surface area contributed by atoms with Gasteiger partial charge in [-0.05, 0) is 95.8 Å². The molecular weight excluding hydrogens is 713 g/mol. The number of alkyl halides is 3. The van der Waals surface area contributed by atoms with Gasteiger partial charge in [0.25, 0.3) is 0 Å². The molecule has 0 spiro atoms. The van der Waals surface area contributed by atoms with E-state index in [1.807, 2.05) is 55.5 Å². The lowest BCUT2D eigenvalue weighted by molar-refractivity contribution is -0.274. The van der Waals surface area contributed by atoms with Gasteiger partial charge in [-0.15, -0.1) is 13.2 Å². The van der Waals surface area contributed by atoms with Gasteiger partial charge in [-0.3, -0.25) is 0 Å². The molecule has 6 rings (SSSR count). The maximum absolute atomic E-state index is 13.0. The van der Waals surface area contributed by atoms with Gasteiger partial charge in [0.2, 0.25) is 0 Å². The van der Waals surface area contributed by atoms with E-state index in [0.717, 1.165) is 33.4 Å². The molecule has 0 aliphatic heterocycles. The van der Waals surface area contributed by atoms with Crippen molar-refractivity contribution in [3.05, 3.63) is 144 Å². The fraction of sp³-hybridized carbons (Fsp3) is 0.0952. The number of nitrogens with zero attached hydrogens (tertiary/aromatic N) is 2. The number of para-hydroxylation sites is 2. The number of aryl methyl sites for hydroxylation is 2. The molecule has 0 saturated carbocycles. The molecule has 0 aliphatic rings. The summed E-state index contributed by atoms with van der Waals surface area (Å²) in [6, 6.07) is 33.6. The van der Waals surface area contributed by atoms with Gasteiger partial charge in [0.05, 0.1) is 7.11 Å². The Kier molecular flexibility index (Phi) is 11.8. The number of hydrogen-bond donors (Lipinski definition) is 6. The molecule has 13 heteroatoms. The number of hydrogen-bond acceptors (Lipinski definition) is 8. The monoisotopic (exact) mass is 750 g/mol. The number of amidine groups is 2. The second-order valence-corrected chi connectivity index (χ2v) is 12.3. The van der Waals surface area contributed by atoms with Gasteiger partial charge in [0, 0.05) is 33.4 Å². The molecule has 0 unspecified atom stereocenters. The van der Waals surface area contributed by atoms with Crippen LogP contribution in [0, 0.1) is 13.8 Å². The quantitative estimate of drug-likeness (QED) is 0.0386. The summed E-state index contributed by atoms with van der Waals surface area (Å²) in [5.41, 5.74) is 19.4. The number of rotatable bonds is 8. The number of halogens is 3. The van der Waals surface area contributed by atoms with Crippen LogP contribution in [0.4, 0.5) is 13.2 Å². The Balaban J connectivity index is 0.000000212. The summed E-state index contributed by atoms with van der Waals surface area (Å²) in [7, 11) is 1.61. The van der Waals surface area contributed by atoms with E-state index in [1.54, 1.807) is 56.5 Å². The molecule has 0 radical (unpaired) electrons. The summed E-state index contributed by atoms with van der Waals surface area (Å²) in [4.78, 5) is 0. The zero-order valence-electron chi connectivity index (χ0n) is 29.8. The van der Waals surface area contributed by atoms with Gasteiger partial charge in [-0.25, -0.2) is 0 Å². The molecule has 0 bridgehead atoms. The van der Waals surface area contributed by atoms with Gasteiger partial charge in [0.1, 0.15) is 23.0 Å². The van der Waals surface area contributed by atoms with E-state index in [4.69, 9.17) is 16.2 Å². The molecule has 0 atom stereocenters. The lowest BCUT2D eigenvalue weighted by Gasteiger charge is -2.19. The molecule has 6 aromatic carbocycles. The van der Waals surface area contributed by atoms with Crippen molar-refractivity contribution in [1.82, 2.24) is 0 Å². The van der Waals surface area contributed by atoms with E-state index in [9.17, 15) is 33.8 Å². The van der Waals surface area contributed by atoms with Gasteiger partial charge in [-0.1, -0.05) is 83.1 Å². The maximum Gasteiger partial charge on any atom is 0.573 e. The Morgan fingerprint density at radius 1 is 0.564 bits per heavy atom. The summed E-state index contributed by atoms with van der Waals surface area (Å²) >= 11 is 0. The molecule has 8 N–H and O–H groups in total. The summed E-state index contributed by atoms with van der Waals surface area (Å²) < 4.78 is 48.6. The Hall–Kier alpha value is -7.15. The van der Waals surface area contributed by atoms with E-state index in [2.05, 4.69) is 15.0 Å². The highest BCUT2D eigenvalue weighted by Gasteiger charge is 2.33. The van der Waals surface area contributed by atoms with Crippen LogP contribution in [-0.2, 0) is 0 Å². The summed E-state index contributed by atoms with van der Waals surface area (Å²) in [5.74, 6) is 0.261. The number of ether oxygens (including phenoxy) is 2. The number of phenolic OH excluding ortho intramolecular Hbond substituents is 2. The first-order valence-corrected chi connectivity index (χ1v) is 16.6. The van der Waals surface area contributed by atoms with Crippen LogP contribution in [0.25, 0.3) is 44.5 Å². The van der Waals surface area contributed by atoms with E-state index in [0.29, 0.717) is 28.0 Å². The third-order valence-electron chi connectivity index (χ3n) is 8.45. The van der Waals surface area contributed by atoms with Crippen LogP contribution in [0.3, 0.4) is 0 Å². The number of methoxy groups -OCH3 is 1. The van der Waals surface area contributed by atoms with Crippen LogP contribution in [0.1, 0.15) is 22.3 Å². The predicted molar refractivity (Wildman–Crippen MR) is 206 cm³/mol. The zero-order chi connectivity index (χ0) is 39.9. The van der Waals surface area contributed by atoms with Crippen LogP contribution in [0.2, 0.25) is 0 Å². The summed E-state index contributed by atoms with van der Waals surface area (Å²) in [5, 5.41) is 43.9. The largest absolute Gasteiger partial charge is 0.573 e. The molecule has 10 nitrogen and oxygen atoms in total. The van der Waals surface area contributed by atoms with Crippen molar-refractivity contribution in [3.8, 4) is 67.5 Å². The molecular formula is C42H37F3N4O6. The first-order chi connectivity index (χ1) is 26.2. The van der Waals surface area contributed by atoms with Crippen molar-refractivity contribution in [2.24, 2.45) is 21.8 Å². The van der Waals surface area contributed by atoms with Crippen molar-refractivity contribution < 1.29 is 43.3 Å². The van der Waals surface area contributed by atoms with Crippen molar-refractivity contribution in [3.63, 3.8) is 0 Å². The lowest BCUT2D eigenvalue weighted by Crippen LogP contribution is -2.19. The lowest BCUT2D eigenvalue weighted by atomic mass is 9.88. The molecule has 0 saturated heterocycles. The highest BCUT2D eigenvalue weighted by molar-refractivity contribution is 6.08. The maximum atomic E-state index is 13.0. The number of oxime groups is 2. The minimum Gasteiger partial charge on any atom is -0.508 e. The van der Waals surface area contributed by atoms with Gasteiger partial charge in [0.15, 0.2) is 11.7 Å². The second kappa shape index (κ2) is 16.7. The SMILES string of the molecule is COc1ccccc1-c1c(C(N)=NO)cc(C)cc1-c1ccc(O)cc1.Cc1cc(C(N)=NO)c(-c2ccccc2OC(F)(F)F)c(-c2ccc(O)cc2)c1. The fourth-order valence-electron chi connectivity index (χ4n) is 6.14. The van der Waals surface area contributed by atoms with Crippen molar-refractivity contribution in [2.45, 2.75) is 20.2 Å². The Bertz CT molecular complexity index is 2360. The van der Waals surface area contributed by atoms with Crippen LogP contribution >= 0.6 is 0 Å². The molecule has 282 valence electrons. The average molecular weight is 751 g/mol. The highest BCUT2D eigenvalue weighted by atomic mass is 19.4. The third-order valence-corrected chi connectivity index (χ3v) is 8.45. The van der Waals surface area contributed by atoms with E-state index in [1.165, 1.54) is 30.3 Å². The molecule has 0 fully saturated rings. The van der Waals surface area contributed by atoms with E-state index in [-0.39, 0.29) is 34.3 Å². The number of phenols is 2. The predicted octanol–water partition coefficient (Wildman–Crippen LogP) is 9.17. The molecule has 6 aromatic rings. The van der Waals surface area contributed by atoms with E-state index >= 15 is 0 Å². The zero-order valence-corrected chi connectivity index (χ0v) is 29.8. The minimum absolute atomic E-state index is 0.0228. The van der Waals surface area contributed by atoms with Crippen molar-refractivity contribution in [1.29, 1.82) is 0 Å². The van der Waals surface area contributed by atoms with Crippen LogP contribution < -0.4 is 20.9 Å². The van der Waals surface area contributed by atoms with Gasteiger partial charge < -0.3 is 41.6 Å². The second-order valence-electron chi connectivity index (χ2n) is 12.3. The molecule has 0 aromatic heterocycles. The number of benzene rings is 6. The summed E-state index contributed by atoms with van der Waals surface area (Å²) in [6.07, 6.45) is -4.89. The topological polar surface area (TPSA) is 176 Å². The van der Waals surface area contributed by atoms with Crippen molar-refractivity contribution in [2.75, 3.05) is 7.11 Å². The average Bonchev–Trinajstić information content (AvgIpc) is 3.17. The molecule has 0 amide bonds. The van der Waals surface area contributed by atoms with E-state index < -0.39 is 12.1 Å². The smallest absolute Gasteiger partial charge is 0.508 e. The molecule has 0 heterocycles. The van der Waals surface area contributed by atoms with Gasteiger partial charge >= 0.3 is 6.36 Å². The first kappa shape index (κ1) is 39.1. The standard InChI is InChI=1S/C21H17F3N2O3.C21H20N2O3/c1-12-10-16(13-6-8-14(27)9-7-13)19(17(11-12)20(25)26-28)15-4-2-3-5-18(15)29-21(22,23)24;1-13-11-17(14-7-9-15(24)10-8-14)20(18(12-13)21(22)23-25)16-5-3-4-6-19(16)26-2/h2-11,27-28H,1H3,(H2,25,26);3-12,24-25H,1-2H3,(H2,22,23). The normalized spacial score (nSPS) is 11.7. The number of aromatic hydroxyl groups is 2. The van der Waals surface area contributed by atoms with Crippen LogP contribution in [0.15, 0.2) is 132 Å². The molecule has 0 aliphatic carbocycles. The molecule has 55 heavy (non-hydrogen) atoms. The van der Waals surface area contributed by atoms with Crippen LogP contribution in [-0.4, -0.2) is 45.8 Å². The summed E-state index contributed by atoms with van der Waals surface area (Å²) in [6.45, 7) is 3.73. The van der Waals surface area contributed by atoms with Gasteiger partial charge in [-0.2, -0.15) is 0 Å². The first-order valence-electron chi connectivity index (χ1n) is 16.6. The Morgan fingerprint density at radius 2 is 0.945 bits per heavy atom. The Labute approximate surface area is 314 Å². The fourth-order valence-corrected chi connectivity index (χ4v) is 6.14. The Morgan fingerprint density at radius 3 is 1.33 bits per heavy atom.